The summed E-state index contributed by atoms with van der Waals surface area (Å²) in [6, 6.07) is 7.90. The number of hydrogen-bond donors (Lipinski definition) is 1. The van der Waals surface area contributed by atoms with Crippen molar-refractivity contribution >= 4 is 39.0 Å². The third-order valence-corrected chi connectivity index (χ3v) is 8.06. The Hall–Kier alpha value is -2.85. The van der Waals surface area contributed by atoms with Crippen LogP contribution in [0.4, 0.5) is 0 Å². The molecule has 2 aromatic rings. The maximum atomic E-state index is 13.5. The van der Waals surface area contributed by atoms with E-state index in [1.807, 2.05) is 19.1 Å². The number of thiazole rings is 1. The van der Waals surface area contributed by atoms with Gasteiger partial charge in [0.05, 0.1) is 26.7 Å². The van der Waals surface area contributed by atoms with Crippen molar-refractivity contribution < 1.29 is 14.4 Å². The summed E-state index contributed by atoms with van der Waals surface area (Å²) in [5.74, 6) is -0.563. The molecule has 0 aliphatic heterocycles. The van der Waals surface area contributed by atoms with Gasteiger partial charge >= 0.3 is 0 Å². The molecular weight excluding hydrogens is 458 g/mol. The van der Waals surface area contributed by atoms with Crippen molar-refractivity contribution in [2.24, 2.45) is 11.8 Å². The highest BCUT2D eigenvalue weighted by Gasteiger charge is 2.30. The summed E-state index contributed by atoms with van der Waals surface area (Å²) in [6.07, 6.45) is 6.84. The number of aryl methyl sites for hydroxylation is 1. The smallest absolute Gasteiger partial charge is 0.224 e. The lowest BCUT2D eigenvalue weighted by molar-refractivity contribution is -0.130. The van der Waals surface area contributed by atoms with Crippen LogP contribution in [0.15, 0.2) is 30.4 Å². The van der Waals surface area contributed by atoms with Gasteiger partial charge in [0.15, 0.2) is 5.78 Å². The number of carbonyl (C=O) groups excluding carboxylic acids is 3. The number of benzene rings is 1. The molecule has 0 unspecified atom stereocenters. The number of ketones is 2. The predicted octanol–water partition coefficient (Wildman–Crippen LogP) is 5.49. The number of nitrogens with zero attached hydrogens (tertiary/aromatic N) is 2. The summed E-state index contributed by atoms with van der Waals surface area (Å²) in [6.45, 7) is 7.45. The van der Waals surface area contributed by atoms with Gasteiger partial charge in [-0.05, 0) is 49.3 Å². The Balaban J connectivity index is 1.76. The van der Waals surface area contributed by atoms with Crippen LogP contribution in [-0.4, -0.2) is 28.5 Å². The quantitative estimate of drug-likeness (QED) is 0.294. The van der Waals surface area contributed by atoms with Crippen molar-refractivity contribution in [3.05, 3.63) is 40.9 Å². The van der Waals surface area contributed by atoms with Gasteiger partial charge in [-0.3, -0.25) is 14.4 Å². The number of hydrogen-bond acceptors (Lipinski definition) is 6. The van der Waals surface area contributed by atoms with Crippen molar-refractivity contribution in [2.45, 2.75) is 84.1 Å². The van der Waals surface area contributed by atoms with Crippen molar-refractivity contribution in [3.63, 3.8) is 0 Å². The van der Waals surface area contributed by atoms with Crippen LogP contribution in [-0.2, 0) is 27.2 Å². The topological polar surface area (TPSA) is 99.9 Å². The summed E-state index contributed by atoms with van der Waals surface area (Å²) in [5, 5.41) is 13.0. The van der Waals surface area contributed by atoms with E-state index in [1.54, 1.807) is 11.3 Å². The molecule has 1 fully saturated rings. The maximum absolute atomic E-state index is 13.5. The summed E-state index contributed by atoms with van der Waals surface area (Å²) < 4.78 is 1.10. The second-order valence-electron chi connectivity index (χ2n) is 9.47. The highest BCUT2D eigenvalue weighted by molar-refractivity contribution is 7.18. The monoisotopic (exact) mass is 493 g/mol. The summed E-state index contributed by atoms with van der Waals surface area (Å²) in [7, 11) is 0. The number of carbonyl (C=O) groups is 3. The van der Waals surface area contributed by atoms with E-state index in [1.165, 1.54) is 5.56 Å². The molecule has 0 radical (unpaired) electrons. The van der Waals surface area contributed by atoms with Crippen molar-refractivity contribution in [1.82, 2.24) is 10.3 Å². The molecule has 0 saturated heterocycles. The summed E-state index contributed by atoms with van der Waals surface area (Å²) >= 11 is 1.58. The van der Waals surface area contributed by atoms with Crippen LogP contribution in [0.25, 0.3) is 10.2 Å². The van der Waals surface area contributed by atoms with E-state index >= 15 is 0 Å². The zero-order valence-corrected chi connectivity index (χ0v) is 21.6. The lowest BCUT2D eigenvalue weighted by Crippen LogP contribution is -2.44. The zero-order valence-electron chi connectivity index (χ0n) is 20.8. The Bertz CT molecular complexity index is 1120. The molecule has 0 spiro atoms. The molecule has 1 amide bonds. The highest BCUT2D eigenvalue weighted by atomic mass is 32.1. The van der Waals surface area contributed by atoms with Crippen molar-refractivity contribution in [3.8, 4) is 6.07 Å². The first-order valence-electron chi connectivity index (χ1n) is 12.7. The molecule has 1 aliphatic rings. The number of nitrogens with one attached hydrogen (secondary N) is 1. The van der Waals surface area contributed by atoms with E-state index in [0.29, 0.717) is 25.2 Å². The number of Topliss-reactive ketones (excluding diaryl/α,β-unsaturated/α-hetero) is 2. The molecule has 35 heavy (non-hydrogen) atoms. The number of allylic oxidation sites excluding steroid dienone is 1. The van der Waals surface area contributed by atoms with Crippen LogP contribution in [0.1, 0.15) is 75.8 Å². The first-order chi connectivity index (χ1) is 16.8. The maximum Gasteiger partial charge on any atom is 0.224 e. The molecule has 186 valence electrons. The molecule has 1 aliphatic carbocycles. The Morgan fingerprint density at radius 1 is 1.26 bits per heavy atom. The summed E-state index contributed by atoms with van der Waals surface area (Å²) in [5.41, 5.74) is 2.12. The zero-order chi connectivity index (χ0) is 25.4. The van der Waals surface area contributed by atoms with E-state index in [2.05, 4.69) is 31.0 Å². The number of nitriles is 1. The second kappa shape index (κ2) is 12.7. The molecule has 1 aromatic heterocycles. The SMILES string of the molecule is C=C(C#N)C(=O)CC[C@@H](NC(=O)[C@@H](CC(=O)CC)Cc1nc2ccc(CC)cc2s1)C1CCCC1. The summed E-state index contributed by atoms with van der Waals surface area (Å²) in [4.78, 5) is 42.7. The Morgan fingerprint density at radius 2 is 2.00 bits per heavy atom. The fourth-order valence-electron chi connectivity index (χ4n) is 4.80. The number of rotatable bonds is 13. The molecule has 1 aromatic carbocycles. The van der Waals surface area contributed by atoms with E-state index in [4.69, 9.17) is 10.2 Å². The molecule has 1 saturated carbocycles. The fraction of sp³-hybridized carbons (Fsp3) is 0.536. The Kier molecular flexibility index (Phi) is 9.73. The lowest BCUT2D eigenvalue weighted by atomic mass is 9.90. The van der Waals surface area contributed by atoms with Crippen LogP contribution < -0.4 is 5.32 Å². The third kappa shape index (κ3) is 7.32. The van der Waals surface area contributed by atoms with Gasteiger partial charge in [-0.25, -0.2) is 4.98 Å². The first kappa shape index (κ1) is 26.7. The molecule has 3 rings (SSSR count). The lowest BCUT2D eigenvalue weighted by Gasteiger charge is -2.27. The average Bonchev–Trinajstić information content (AvgIpc) is 3.54. The van der Waals surface area contributed by atoms with Gasteiger partial charge in [-0.1, -0.05) is 39.3 Å². The minimum absolute atomic E-state index is 0.0463. The third-order valence-electron chi connectivity index (χ3n) is 7.02. The average molecular weight is 494 g/mol. The molecule has 6 nitrogen and oxygen atoms in total. The van der Waals surface area contributed by atoms with Gasteiger partial charge in [0.2, 0.25) is 5.91 Å². The Morgan fingerprint density at radius 3 is 2.66 bits per heavy atom. The van der Waals surface area contributed by atoms with Crippen LogP contribution in [0, 0.1) is 23.2 Å². The van der Waals surface area contributed by atoms with E-state index in [0.717, 1.165) is 47.3 Å². The van der Waals surface area contributed by atoms with Gasteiger partial charge in [-0.2, -0.15) is 5.26 Å². The number of amides is 1. The predicted molar refractivity (Wildman–Crippen MR) is 139 cm³/mol. The van der Waals surface area contributed by atoms with Crippen LogP contribution in [0.5, 0.6) is 0 Å². The van der Waals surface area contributed by atoms with Crippen LogP contribution in [0.2, 0.25) is 0 Å². The molecule has 1 N–H and O–H groups in total. The normalized spacial score (nSPS) is 15.5. The van der Waals surface area contributed by atoms with Gasteiger partial charge in [-0.15, -0.1) is 11.3 Å². The molecule has 1 heterocycles. The minimum Gasteiger partial charge on any atom is -0.353 e. The fourth-order valence-corrected chi connectivity index (χ4v) is 5.91. The molecular formula is C28H35N3O3S. The van der Waals surface area contributed by atoms with Gasteiger partial charge in [0.1, 0.15) is 11.9 Å². The van der Waals surface area contributed by atoms with Gasteiger partial charge < -0.3 is 5.32 Å². The Labute approximate surface area is 211 Å². The molecule has 7 heteroatoms. The second-order valence-corrected chi connectivity index (χ2v) is 10.6. The van der Waals surface area contributed by atoms with Crippen LogP contribution in [0.3, 0.4) is 0 Å². The van der Waals surface area contributed by atoms with E-state index < -0.39 is 5.92 Å². The number of aromatic nitrogens is 1. The van der Waals surface area contributed by atoms with Gasteiger partial charge in [0.25, 0.3) is 0 Å². The molecule has 0 bridgehead atoms. The van der Waals surface area contributed by atoms with E-state index in [-0.39, 0.29) is 41.9 Å². The minimum atomic E-state index is -0.498. The van der Waals surface area contributed by atoms with Crippen LogP contribution >= 0.6 is 11.3 Å². The van der Waals surface area contributed by atoms with Crippen molar-refractivity contribution in [1.29, 1.82) is 5.26 Å². The number of fused-ring (bicyclic) bond motifs is 1. The van der Waals surface area contributed by atoms with Gasteiger partial charge in [0, 0.05) is 31.7 Å². The molecule has 2 atom stereocenters. The van der Waals surface area contributed by atoms with E-state index in [9.17, 15) is 14.4 Å². The largest absolute Gasteiger partial charge is 0.353 e. The van der Waals surface area contributed by atoms with Crippen molar-refractivity contribution in [2.75, 3.05) is 0 Å². The first-order valence-corrected chi connectivity index (χ1v) is 13.5. The standard InChI is InChI=1S/C28H35N3O3S/c1-4-19-10-11-24-26(14-19)35-27(30-24)16-21(15-22(32)5-2)28(34)31-23(20-8-6-7-9-20)12-13-25(33)18(3)17-29/h10-11,14,20-21,23H,3-9,12-13,15-16H2,1-2H3,(H,31,34)/t21-,23+/m0/s1. The highest BCUT2D eigenvalue weighted by Crippen LogP contribution is 2.31.